The van der Waals surface area contributed by atoms with Crippen molar-refractivity contribution < 1.29 is 8.42 Å². The zero-order chi connectivity index (χ0) is 14.0. The molecule has 0 bridgehead atoms. The average Bonchev–Trinajstić information content (AvgIpc) is 2.37. The van der Waals surface area contributed by atoms with Crippen molar-refractivity contribution in [2.75, 3.05) is 23.4 Å². The van der Waals surface area contributed by atoms with E-state index in [0.29, 0.717) is 11.7 Å². The number of anilines is 2. The van der Waals surface area contributed by atoms with Crippen molar-refractivity contribution in [3.63, 3.8) is 0 Å². The van der Waals surface area contributed by atoms with E-state index in [0.717, 1.165) is 18.7 Å². The van der Waals surface area contributed by atoms with Gasteiger partial charge in [0, 0.05) is 24.5 Å². The third-order valence-electron chi connectivity index (χ3n) is 3.82. The summed E-state index contributed by atoms with van der Waals surface area (Å²) in [5.41, 5.74) is 7.28. The summed E-state index contributed by atoms with van der Waals surface area (Å²) >= 11 is 0. The first-order valence-corrected chi connectivity index (χ1v) is 8.69. The van der Waals surface area contributed by atoms with Gasteiger partial charge >= 0.3 is 0 Å². The lowest BCUT2D eigenvalue weighted by molar-refractivity contribution is 0.450. The minimum absolute atomic E-state index is 0.223. The van der Waals surface area contributed by atoms with Gasteiger partial charge in [-0.1, -0.05) is 6.92 Å². The number of nitrogen functional groups attached to an aromatic ring is 1. The van der Waals surface area contributed by atoms with E-state index in [1.165, 1.54) is 25.5 Å². The van der Waals surface area contributed by atoms with Gasteiger partial charge in [0.05, 0.1) is 10.6 Å². The molecule has 2 rings (SSSR count). The molecule has 19 heavy (non-hydrogen) atoms. The van der Waals surface area contributed by atoms with Crippen LogP contribution in [0.3, 0.4) is 0 Å². The van der Waals surface area contributed by atoms with Gasteiger partial charge in [0.15, 0.2) is 9.84 Å². The number of hydrogen-bond donors (Lipinski definition) is 1. The van der Waals surface area contributed by atoms with E-state index in [4.69, 9.17) is 5.73 Å². The van der Waals surface area contributed by atoms with Crippen molar-refractivity contribution in [2.45, 2.75) is 43.5 Å². The van der Waals surface area contributed by atoms with Gasteiger partial charge in [0.1, 0.15) is 0 Å². The first-order valence-electron chi connectivity index (χ1n) is 6.79. The molecule has 0 aromatic heterocycles. The molecule has 1 aromatic rings. The lowest BCUT2D eigenvalue weighted by Gasteiger charge is -2.37. The van der Waals surface area contributed by atoms with Gasteiger partial charge < -0.3 is 10.6 Å². The predicted octanol–water partition coefficient (Wildman–Crippen LogP) is 2.44. The molecule has 0 amide bonds. The Bertz CT molecular complexity index is 555. The Labute approximate surface area is 115 Å². The number of nitrogens with zero attached hydrogens (tertiary/aromatic N) is 1. The molecule has 1 aromatic carbocycles. The number of piperidine rings is 1. The Balaban J connectivity index is 2.33. The second-order valence-electron chi connectivity index (χ2n) is 5.25. The van der Waals surface area contributed by atoms with Gasteiger partial charge in [-0.3, -0.25) is 0 Å². The average molecular weight is 282 g/mol. The summed E-state index contributed by atoms with van der Waals surface area (Å²) in [5, 5.41) is 0. The van der Waals surface area contributed by atoms with E-state index in [9.17, 15) is 8.42 Å². The van der Waals surface area contributed by atoms with Crippen LogP contribution in [0.5, 0.6) is 0 Å². The second-order valence-corrected chi connectivity index (χ2v) is 7.23. The molecular weight excluding hydrogens is 260 g/mol. The van der Waals surface area contributed by atoms with Crippen LogP contribution >= 0.6 is 0 Å². The molecule has 5 heteroatoms. The predicted molar refractivity (Wildman–Crippen MR) is 79.2 cm³/mol. The fraction of sp³-hybridized carbons (Fsp3) is 0.571. The minimum atomic E-state index is -3.24. The van der Waals surface area contributed by atoms with Crippen LogP contribution in [0, 0.1) is 0 Å². The van der Waals surface area contributed by atoms with Crippen molar-refractivity contribution in [1.82, 2.24) is 0 Å². The molecule has 0 saturated carbocycles. The highest BCUT2D eigenvalue weighted by Gasteiger charge is 2.22. The normalized spacial score (nSPS) is 20.5. The third kappa shape index (κ3) is 3.03. The molecule has 4 nitrogen and oxygen atoms in total. The number of rotatable bonds is 3. The van der Waals surface area contributed by atoms with Crippen LogP contribution in [0.4, 0.5) is 11.4 Å². The van der Waals surface area contributed by atoms with E-state index in [1.54, 1.807) is 12.1 Å². The van der Waals surface area contributed by atoms with E-state index >= 15 is 0 Å². The molecule has 1 atom stereocenters. The smallest absolute Gasteiger partial charge is 0.177 e. The van der Waals surface area contributed by atoms with Crippen molar-refractivity contribution >= 4 is 21.2 Å². The molecule has 1 saturated heterocycles. The Morgan fingerprint density at radius 2 is 2.11 bits per heavy atom. The molecule has 0 spiro atoms. The van der Waals surface area contributed by atoms with E-state index in [-0.39, 0.29) is 4.90 Å². The fourth-order valence-electron chi connectivity index (χ4n) is 2.82. The topological polar surface area (TPSA) is 63.4 Å². The Kier molecular flexibility index (Phi) is 4.04. The quantitative estimate of drug-likeness (QED) is 0.865. The molecular formula is C14H22N2O2S. The highest BCUT2D eigenvalue weighted by Crippen LogP contribution is 2.30. The van der Waals surface area contributed by atoms with Gasteiger partial charge in [-0.2, -0.15) is 0 Å². The van der Waals surface area contributed by atoms with Gasteiger partial charge in [-0.05, 0) is 43.9 Å². The van der Waals surface area contributed by atoms with Crippen molar-refractivity contribution in [3.8, 4) is 0 Å². The van der Waals surface area contributed by atoms with Crippen LogP contribution in [-0.4, -0.2) is 27.3 Å². The molecule has 1 heterocycles. The van der Waals surface area contributed by atoms with Gasteiger partial charge in [0.2, 0.25) is 0 Å². The minimum Gasteiger partial charge on any atom is -0.398 e. The first-order chi connectivity index (χ1) is 8.93. The van der Waals surface area contributed by atoms with Gasteiger partial charge in [0.25, 0.3) is 0 Å². The maximum Gasteiger partial charge on any atom is 0.177 e. The van der Waals surface area contributed by atoms with Crippen molar-refractivity contribution in [3.05, 3.63) is 18.2 Å². The third-order valence-corrected chi connectivity index (χ3v) is 4.99. The molecule has 106 valence electrons. The van der Waals surface area contributed by atoms with Crippen LogP contribution < -0.4 is 10.6 Å². The van der Waals surface area contributed by atoms with Crippen LogP contribution in [0.25, 0.3) is 0 Å². The number of sulfone groups is 1. The first kappa shape index (κ1) is 14.2. The van der Waals surface area contributed by atoms with E-state index < -0.39 is 9.84 Å². The maximum atomic E-state index is 11.6. The van der Waals surface area contributed by atoms with E-state index in [2.05, 4.69) is 11.8 Å². The highest BCUT2D eigenvalue weighted by molar-refractivity contribution is 7.90. The summed E-state index contributed by atoms with van der Waals surface area (Å²) in [6.07, 6.45) is 5.95. The number of hydrogen-bond acceptors (Lipinski definition) is 4. The van der Waals surface area contributed by atoms with Crippen molar-refractivity contribution in [1.29, 1.82) is 0 Å². The fourth-order valence-corrected chi connectivity index (χ4v) is 3.62. The summed E-state index contributed by atoms with van der Waals surface area (Å²) in [4.78, 5) is 2.58. The molecule has 1 unspecified atom stereocenters. The lowest BCUT2D eigenvalue weighted by atomic mass is 9.99. The molecule has 2 N–H and O–H groups in total. The van der Waals surface area contributed by atoms with E-state index in [1.807, 2.05) is 6.07 Å². The number of benzene rings is 1. The zero-order valence-electron chi connectivity index (χ0n) is 11.6. The van der Waals surface area contributed by atoms with Crippen LogP contribution in [0.1, 0.15) is 32.6 Å². The standard InChI is InChI=1S/C14H22N2O2S/c1-3-11-6-4-5-9-16(11)12-7-8-14(13(15)10-12)19(2,17)18/h7-8,10-11H,3-6,9,15H2,1-2H3. The summed E-state index contributed by atoms with van der Waals surface area (Å²) in [7, 11) is -3.24. The highest BCUT2D eigenvalue weighted by atomic mass is 32.2. The summed E-state index contributed by atoms with van der Waals surface area (Å²) < 4.78 is 23.1. The second kappa shape index (κ2) is 5.41. The zero-order valence-corrected chi connectivity index (χ0v) is 12.4. The van der Waals surface area contributed by atoms with Crippen LogP contribution in [0.2, 0.25) is 0 Å². The summed E-state index contributed by atoms with van der Waals surface area (Å²) in [5.74, 6) is 0. The summed E-state index contributed by atoms with van der Waals surface area (Å²) in [6.45, 7) is 3.22. The Morgan fingerprint density at radius 1 is 1.37 bits per heavy atom. The SMILES string of the molecule is CCC1CCCCN1c1ccc(S(C)(=O)=O)c(N)c1. The Morgan fingerprint density at radius 3 is 2.68 bits per heavy atom. The van der Waals surface area contributed by atoms with Crippen LogP contribution in [0.15, 0.2) is 23.1 Å². The summed E-state index contributed by atoms with van der Waals surface area (Å²) in [6, 6.07) is 5.84. The van der Waals surface area contributed by atoms with Gasteiger partial charge in [-0.15, -0.1) is 0 Å². The van der Waals surface area contributed by atoms with Crippen molar-refractivity contribution in [2.24, 2.45) is 0 Å². The molecule has 0 aliphatic carbocycles. The lowest BCUT2D eigenvalue weighted by Crippen LogP contribution is -2.39. The Hall–Kier alpha value is -1.23. The molecule has 1 aliphatic heterocycles. The van der Waals surface area contributed by atoms with Crippen LogP contribution in [-0.2, 0) is 9.84 Å². The molecule has 1 fully saturated rings. The monoisotopic (exact) mass is 282 g/mol. The molecule has 0 radical (unpaired) electrons. The number of nitrogens with two attached hydrogens (primary N) is 1. The largest absolute Gasteiger partial charge is 0.398 e. The molecule has 1 aliphatic rings. The van der Waals surface area contributed by atoms with Gasteiger partial charge in [-0.25, -0.2) is 8.42 Å². The maximum absolute atomic E-state index is 11.6.